The van der Waals surface area contributed by atoms with Crippen LogP contribution < -0.4 is 16.0 Å². The average molecular weight is 733 g/mol. The molecule has 8 unspecified atom stereocenters. The van der Waals surface area contributed by atoms with Crippen LogP contribution in [0.2, 0.25) is 0 Å². The standard InChI is InChI=1S/C42H76N4O6/c1-8-51-39(49)37(30-20-18-29(19-21-30)28-14-10-9-11-15-28)46-25-27(2)35(26-46)44-38(48)34(22-31-24-43-33-17-13-12-16-32(31)33)45-40(50)42(6,7)23-36(47)52-41(3,4)5/h28-35,37-40,43-45,48-50H,2,8-26H2,1,3-7H3/t29?,30?,31?,32?,33?,34-,35?,37?,38?,39?,40?/m1/s1. The molecule has 10 heteroatoms. The second kappa shape index (κ2) is 18.7. The summed E-state index contributed by atoms with van der Waals surface area (Å²) in [6.45, 7) is 18.3. The summed E-state index contributed by atoms with van der Waals surface area (Å²) in [4.78, 5) is 15.1. The number of hydrogen-bond donors (Lipinski definition) is 6. The van der Waals surface area contributed by atoms with Gasteiger partial charge in [0.1, 0.15) is 18.1 Å². The minimum atomic E-state index is -1.05. The molecule has 5 rings (SSSR count). The molecular weight excluding hydrogens is 656 g/mol. The Labute approximate surface area is 315 Å². The van der Waals surface area contributed by atoms with Gasteiger partial charge in [-0.1, -0.05) is 65.4 Å². The molecule has 3 saturated carbocycles. The summed E-state index contributed by atoms with van der Waals surface area (Å²) in [5.41, 5.74) is -0.444. The molecule has 0 aromatic heterocycles. The number of likely N-dealkylation sites (tertiary alicyclic amines) is 1. The number of aliphatic hydroxyl groups excluding tert-OH is 3. The van der Waals surface area contributed by atoms with Gasteiger partial charge < -0.3 is 30.1 Å². The molecule has 3 aliphatic carbocycles. The average Bonchev–Trinajstić information content (AvgIpc) is 3.66. The molecular formula is C42H76N4O6. The first-order chi connectivity index (χ1) is 24.6. The zero-order chi connectivity index (χ0) is 37.6. The number of nitrogens with zero attached hydrogens (tertiary/aromatic N) is 1. The van der Waals surface area contributed by atoms with E-state index in [0.717, 1.165) is 36.8 Å². The third kappa shape index (κ3) is 11.2. The van der Waals surface area contributed by atoms with E-state index in [1.807, 2.05) is 41.5 Å². The lowest BCUT2D eigenvalue weighted by Gasteiger charge is -2.42. The van der Waals surface area contributed by atoms with Crippen LogP contribution in [0.3, 0.4) is 0 Å². The van der Waals surface area contributed by atoms with Crippen LogP contribution in [-0.4, -0.2) is 101 Å². The van der Waals surface area contributed by atoms with Gasteiger partial charge in [-0.25, -0.2) is 0 Å². The van der Waals surface area contributed by atoms with Gasteiger partial charge in [-0.2, -0.15) is 0 Å². The largest absolute Gasteiger partial charge is 0.460 e. The molecule has 0 aromatic rings. The van der Waals surface area contributed by atoms with E-state index in [2.05, 4.69) is 27.4 Å². The van der Waals surface area contributed by atoms with Gasteiger partial charge in [-0.05, 0) is 114 Å². The summed E-state index contributed by atoms with van der Waals surface area (Å²) in [6, 6.07) is -0.231. The number of carbonyl (C=O) groups is 1. The van der Waals surface area contributed by atoms with Crippen LogP contribution in [0.1, 0.15) is 138 Å². The first-order valence-electron chi connectivity index (χ1n) is 21.2. The predicted molar refractivity (Wildman–Crippen MR) is 206 cm³/mol. The normalized spacial score (nSPS) is 32.6. The first-order valence-corrected chi connectivity index (χ1v) is 21.2. The lowest BCUT2D eigenvalue weighted by atomic mass is 9.69. The maximum absolute atomic E-state index is 12.8. The molecule has 2 heterocycles. The van der Waals surface area contributed by atoms with Crippen LogP contribution >= 0.6 is 0 Å². The van der Waals surface area contributed by atoms with E-state index in [0.29, 0.717) is 49.9 Å². The Bertz CT molecular complexity index is 1130. The number of rotatable bonds is 16. The van der Waals surface area contributed by atoms with Crippen LogP contribution in [0.25, 0.3) is 0 Å². The zero-order valence-electron chi connectivity index (χ0n) is 33.6. The van der Waals surface area contributed by atoms with Gasteiger partial charge in [0.25, 0.3) is 0 Å². The molecule has 0 spiro atoms. The van der Waals surface area contributed by atoms with E-state index in [9.17, 15) is 20.1 Å². The Morgan fingerprint density at radius 1 is 0.942 bits per heavy atom. The maximum Gasteiger partial charge on any atom is 0.307 e. The number of esters is 1. The van der Waals surface area contributed by atoms with Gasteiger partial charge in [0, 0.05) is 43.2 Å². The van der Waals surface area contributed by atoms with Crippen molar-refractivity contribution in [1.29, 1.82) is 0 Å². The van der Waals surface area contributed by atoms with Crippen molar-refractivity contribution in [3.8, 4) is 0 Å². The van der Waals surface area contributed by atoms with E-state index in [1.165, 1.54) is 70.6 Å². The van der Waals surface area contributed by atoms with Crippen LogP contribution in [0.4, 0.5) is 0 Å². The lowest BCUT2D eigenvalue weighted by molar-refractivity contribution is -0.160. The van der Waals surface area contributed by atoms with Crippen molar-refractivity contribution in [1.82, 2.24) is 20.9 Å². The SMILES string of the molecule is C=C1CN(C(C2CCC(C3CCCCC3)CC2)C(O)OCC)CC1NC(O)[C@@H](CC1CNC2CCCCC12)NC(O)C(C)(C)CC(=O)OC(C)(C)C. The van der Waals surface area contributed by atoms with Crippen LogP contribution in [0, 0.1) is 35.0 Å². The van der Waals surface area contributed by atoms with Crippen LogP contribution in [-0.2, 0) is 14.3 Å². The van der Waals surface area contributed by atoms with E-state index in [4.69, 9.17) is 9.47 Å². The van der Waals surface area contributed by atoms with Crippen molar-refractivity contribution in [2.75, 3.05) is 26.2 Å². The molecule has 5 fully saturated rings. The quantitative estimate of drug-likeness (QED) is 0.0692. The molecule has 10 nitrogen and oxygen atoms in total. The van der Waals surface area contributed by atoms with Gasteiger partial charge in [-0.3, -0.25) is 20.3 Å². The molecule has 2 aliphatic heterocycles. The summed E-state index contributed by atoms with van der Waals surface area (Å²) in [5.74, 6) is 2.62. The monoisotopic (exact) mass is 733 g/mol. The Kier molecular flexibility index (Phi) is 15.1. The third-order valence-electron chi connectivity index (χ3n) is 13.5. The number of fused-ring (bicyclic) bond motifs is 1. The minimum Gasteiger partial charge on any atom is -0.460 e. The van der Waals surface area contributed by atoms with E-state index in [-0.39, 0.29) is 24.5 Å². The van der Waals surface area contributed by atoms with E-state index in [1.54, 1.807) is 0 Å². The molecule has 52 heavy (non-hydrogen) atoms. The zero-order valence-corrected chi connectivity index (χ0v) is 33.6. The molecule has 0 radical (unpaired) electrons. The summed E-state index contributed by atoms with van der Waals surface area (Å²) in [6.07, 6.45) is 14.3. The van der Waals surface area contributed by atoms with Crippen molar-refractivity contribution < 1.29 is 29.6 Å². The number of aliphatic hydroxyl groups is 3. The summed E-state index contributed by atoms with van der Waals surface area (Å²) in [5, 5.41) is 45.6. The molecule has 0 aromatic carbocycles. The van der Waals surface area contributed by atoms with Crippen LogP contribution in [0.5, 0.6) is 0 Å². The number of nitrogens with one attached hydrogen (secondary N) is 3. The molecule has 2 saturated heterocycles. The summed E-state index contributed by atoms with van der Waals surface area (Å²) >= 11 is 0. The first kappa shape index (κ1) is 42.0. The minimum absolute atomic E-state index is 0.0465. The Balaban J connectivity index is 1.25. The van der Waals surface area contributed by atoms with Crippen molar-refractivity contribution in [3.63, 3.8) is 0 Å². The fourth-order valence-corrected chi connectivity index (χ4v) is 10.6. The molecule has 0 amide bonds. The van der Waals surface area contributed by atoms with Crippen molar-refractivity contribution in [2.24, 2.45) is 35.0 Å². The van der Waals surface area contributed by atoms with Crippen LogP contribution in [0.15, 0.2) is 12.2 Å². The summed E-state index contributed by atoms with van der Waals surface area (Å²) < 4.78 is 11.5. The van der Waals surface area contributed by atoms with Gasteiger partial charge >= 0.3 is 5.97 Å². The molecule has 9 atom stereocenters. The Hall–Kier alpha value is -1.11. The number of ether oxygens (including phenoxy) is 2. The van der Waals surface area contributed by atoms with Crippen molar-refractivity contribution >= 4 is 5.97 Å². The summed E-state index contributed by atoms with van der Waals surface area (Å²) in [7, 11) is 0. The van der Waals surface area contributed by atoms with Gasteiger partial charge in [0.05, 0.1) is 12.5 Å². The highest BCUT2D eigenvalue weighted by molar-refractivity contribution is 5.70. The Morgan fingerprint density at radius 3 is 2.27 bits per heavy atom. The van der Waals surface area contributed by atoms with Crippen molar-refractivity contribution in [2.45, 2.75) is 186 Å². The van der Waals surface area contributed by atoms with E-state index >= 15 is 0 Å². The second-order valence-electron chi connectivity index (χ2n) is 19.0. The second-order valence-corrected chi connectivity index (χ2v) is 19.0. The third-order valence-corrected chi connectivity index (χ3v) is 13.5. The number of carbonyl (C=O) groups excluding carboxylic acids is 1. The highest BCUT2D eigenvalue weighted by atomic mass is 16.6. The van der Waals surface area contributed by atoms with Gasteiger partial charge in [-0.15, -0.1) is 0 Å². The fourth-order valence-electron chi connectivity index (χ4n) is 10.6. The topological polar surface area (TPSA) is 136 Å². The van der Waals surface area contributed by atoms with Crippen molar-refractivity contribution in [3.05, 3.63) is 12.2 Å². The molecule has 6 N–H and O–H groups in total. The highest BCUT2D eigenvalue weighted by Crippen LogP contribution is 2.43. The van der Waals surface area contributed by atoms with E-state index < -0.39 is 35.8 Å². The van der Waals surface area contributed by atoms with Gasteiger partial charge in [0.2, 0.25) is 0 Å². The highest BCUT2D eigenvalue weighted by Gasteiger charge is 2.44. The Morgan fingerprint density at radius 2 is 1.60 bits per heavy atom. The predicted octanol–water partition coefficient (Wildman–Crippen LogP) is 5.45. The molecule has 300 valence electrons. The molecule has 0 bridgehead atoms. The van der Waals surface area contributed by atoms with Gasteiger partial charge in [0.15, 0.2) is 6.29 Å². The lowest BCUT2D eigenvalue weighted by Crippen LogP contribution is -2.58. The maximum atomic E-state index is 12.8. The molecule has 5 aliphatic rings. The smallest absolute Gasteiger partial charge is 0.307 e. The number of hydrogen-bond acceptors (Lipinski definition) is 10. The fraction of sp³-hybridized carbons (Fsp3) is 0.929.